The van der Waals surface area contributed by atoms with Gasteiger partial charge in [-0.15, -0.1) is 0 Å². The summed E-state index contributed by atoms with van der Waals surface area (Å²) in [4.78, 5) is 17.2. The second-order valence-electron chi connectivity index (χ2n) is 10.5. The Balaban J connectivity index is 1.37. The molecule has 0 radical (unpaired) electrons. The standard InChI is InChI=1S/C30H37N3O4S/c1-5-37-27-11-8-10-24(21-27)28-12-7-6-9-25(28)22-32-17-19-33(20-18-32)26-15-13-23(14-16-26)29(34)31-38(35,36)30(2,3)4/h6-16,21H,5,17-20,22H2,1-4H3,(H,31,34). The summed E-state index contributed by atoms with van der Waals surface area (Å²) in [6, 6.07) is 23.9. The fourth-order valence-corrected chi connectivity index (χ4v) is 5.09. The van der Waals surface area contributed by atoms with E-state index in [1.54, 1.807) is 32.9 Å². The lowest BCUT2D eigenvalue weighted by Gasteiger charge is -2.36. The molecular weight excluding hydrogens is 498 g/mol. The summed E-state index contributed by atoms with van der Waals surface area (Å²) in [7, 11) is -3.76. The molecule has 0 aromatic heterocycles. The topological polar surface area (TPSA) is 79.0 Å². The molecule has 0 unspecified atom stereocenters. The second kappa shape index (κ2) is 11.6. The lowest BCUT2D eigenvalue weighted by Crippen LogP contribution is -2.46. The normalized spacial score (nSPS) is 14.8. The van der Waals surface area contributed by atoms with Crippen molar-refractivity contribution in [3.05, 3.63) is 83.9 Å². The van der Waals surface area contributed by atoms with Crippen LogP contribution in [-0.4, -0.2) is 56.8 Å². The maximum atomic E-state index is 12.5. The number of sulfonamides is 1. The number of carbonyl (C=O) groups is 1. The highest BCUT2D eigenvalue weighted by Gasteiger charge is 2.31. The lowest BCUT2D eigenvalue weighted by atomic mass is 9.99. The van der Waals surface area contributed by atoms with Crippen molar-refractivity contribution in [1.82, 2.24) is 9.62 Å². The molecular formula is C30H37N3O4S. The average molecular weight is 536 g/mol. The van der Waals surface area contributed by atoms with Gasteiger partial charge < -0.3 is 9.64 Å². The third kappa shape index (κ3) is 6.55. The smallest absolute Gasteiger partial charge is 0.264 e. The Morgan fingerprint density at radius 2 is 1.61 bits per heavy atom. The quantitative estimate of drug-likeness (QED) is 0.441. The number of amides is 1. The Morgan fingerprint density at radius 1 is 0.921 bits per heavy atom. The largest absolute Gasteiger partial charge is 0.494 e. The van der Waals surface area contributed by atoms with Crippen molar-refractivity contribution in [2.45, 2.75) is 39.0 Å². The molecule has 3 aromatic carbocycles. The number of anilines is 1. The van der Waals surface area contributed by atoms with Crippen molar-refractivity contribution in [3.63, 3.8) is 0 Å². The van der Waals surface area contributed by atoms with Gasteiger partial charge in [-0.2, -0.15) is 0 Å². The number of ether oxygens (including phenoxy) is 1. The van der Waals surface area contributed by atoms with E-state index in [4.69, 9.17) is 4.74 Å². The van der Waals surface area contributed by atoms with Crippen LogP contribution in [0.1, 0.15) is 43.6 Å². The van der Waals surface area contributed by atoms with Gasteiger partial charge in [0.05, 0.1) is 11.4 Å². The molecule has 1 fully saturated rings. The summed E-state index contributed by atoms with van der Waals surface area (Å²) in [5, 5.41) is 0. The van der Waals surface area contributed by atoms with Crippen molar-refractivity contribution in [2.24, 2.45) is 0 Å². The first-order valence-corrected chi connectivity index (χ1v) is 14.5. The van der Waals surface area contributed by atoms with Crippen LogP contribution in [0.5, 0.6) is 5.75 Å². The fraction of sp³-hybridized carbons (Fsp3) is 0.367. The van der Waals surface area contributed by atoms with Crippen molar-refractivity contribution in [1.29, 1.82) is 0 Å². The highest BCUT2D eigenvalue weighted by molar-refractivity contribution is 7.91. The maximum absolute atomic E-state index is 12.5. The van der Waals surface area contributed by atoms with Crippen molar-refractivity contribution in [2.75, 3.05) is 37.7 Å². The minimum Gasteiger partial charge on any atom is -0.494 e. The van der Waals surface area contributed by atoms with Crippen molar-refractivity contribution < 1.29 is 17.9 Å². The molecule has 38 heavy (non-hydrogen) atoms. The van der Waals surface area contributed by atoms with E-state index in [1.165, 1.54) is 11.1 Å². The molecule has 3 aromatic rings. The van der Waals surface area contributed by atoms with Crippen LogP contribution in [0.3, 0.4) is 0 Å². The van der Waals surface area contributed by atoms with E-state index in [0.29, 0.717) is 12.2 Å². The minimum atomic E-state index is -3.76. The molecule has 1 heterocycles. The van der Waals surface area contributed by atoms with Gasteiger partial charge in [0.2, 0.25) is 10.0 Å². The molecule has 1 amide bonds. The third-order valence-electron chi connectivity index (χ3n) is 6.77. The molecule has 0 spiro atoms. The van der Waals surface area contributed by atoms with Gasteiger partial charge in [-0.25, -0.2) is 13.1 Å². The van der Waals surface area contributed by atoms with Crippen molar-refractivity contribution in [3.8, 4) is 16.9 Å². The van der Waals surface area contributed by atoms with Crippen LogP contribution < -0.4 is 14.4 Å². The third-order valence-corrected chi connectivity index (χ3v) is 8.83. The van der Waals surface area contributed by atoms with Crippen LogP contribution in [0, 0.1) is 0 Å². The molecule has 4 rings (SSSR count). The molecule has 1 aliphatic heterocycles. The van der Waals surface area contributed by atoms with E-state index in [-0.39, 0.29) is 0 Å². The number of rotatable bonds is 8. The molecule has 8 heteroatoms. The Kier molecular flexibility index (Phi) is 8.43. The summed E-state index contributed by atoms with van der Waals surface area (Å²) in [6.45, 7) is 11.7. The molecule has 0 aliphatic carbocycles. The van der Waals surface area contributed by atoms with Gasteiger partial charge in [-0.1, -0.05) is 36.4 Å². The minimum absolute atomic E-state index is 0.324. The van der Waals surface area contributed by atoms with Crippen molar-refractivity contribution >= 4 is 21.6 Å². The predicted octanol–water partition coefficient (Wildman–Crippen LogP) is 4.93. The fourth-order valence-electron chi connectivity index (χ4n) is 4.42. The summed E-state index contributed by atoms with van der Waals surface area (Å²) in [6.07, 6.45) is 0. The number of carbonyl (C=O) groups excluding carboxylic acids is 1. The zero-order valence-electron chi connectivity index (χ0n) is 22.6. The Morgan fingerprint density at radius 3 is 2.26 bits per heavy atom. The van der Waals surface area contributed by atoms with Gasteiger partial charge in [-0.3, -0.25) is 9.69 Å². The summed E-state index contributed by atoms with van der Waals surface area (Å²) < 4.78 is 31.4. The first-order chi connectivity index (χ1) is 18.1. The number of piperazine rings is 1. The molecule has 1 saturated heterocycles. The number of hydrogen-bond acceptors (Lipinski definition) is 6. The molecule has 202 valence electrons. The highest BCUT2D eigenvalue weighted by Crippen LogP contribution is 2.28. The van der Waals surface area contributed by atoms with E-state index >= 15 is 0 Å². The van der Waals surface area contributed by atoms with Crippen LogP contribution in [0.15, 0.2) is 72.8 Å². The zero-order valence-corrected chi connectivity index (χ0v) is 23.4. The van der Waals surface area contributed by atoms with E-state index < -0.39 is 20.7 Å². The van der Waals surface area contributed by atoms with E-state index in [0.717, 1.165) is 49.7 Å². The van der Waals surface area contributed by atoms with E-state index in [1.807, 2.05) is 31.2 Å². The summed E-state index contributed by atoms with van der Waals surface area (Å²) in [5.41, 5.74) is 5.01. The van der Waals surface area contributed by atoms with Crippen LogP contribution in [0.25, 0.3) is 11.1 Å². The molecule has 0 bridgehead atoms. The van der Waals surface area contributed by atoms with Crippen LogP contribution >= 0.6 is 0 Å². The second-order valence-corrected chi connectivity index (χ2v) is 12.9. The molecule has 0 saturated carbocycles. The van der Waals surface area contributed by atoms with E-state index in [2.05, 4.69) is 50.9 Å². The maximum Gasteiger partial charge on any atom is 0.264 e. The van der Waals surface area contributed by atoms with Gasteiger partial charge in [0.15, 0.2) is 0 Å². The first kappa shape index (κ1) is 27.7. The summed E-state index contributed by atoms with van der Waals surface area (Å²) in [5.74, 6) is 0.273. The first-order valence-electron chi connectivity index (χ1n) is 13.0. The summed E-state index contributed by atoms with van der Waals surface area (Å²) >= 11 is 0. The van der Waals surface area contributed by atoms with Crippen LogP contribution in [0.4, 0.5) is 5.69 Å². The highest BCUT2D eigenvalue weighted by atomic mass is 32.2. The SMILES string of the molecule is CCOc1cccc(-c2ccccc2CN2CCN(c3ccc(C(=O)NS(=O)(=O)C(C)(C)C)cc3)CC2)c1. The lowest BCUT2D eigenvalue weighted by molar-refractivity contribution is 0.0980. The van der Waals surface area contributed by atoms with Gasteiger partial charge >= 0.3 is 0 Å². The predicted molar refractivity (Wildman–Crippen MR) is 153 cm³/mol. The number of hydrogen-bond donors (Lipinski definition) is 1. The van der Waals surface area contributed by atoms with E-state index in [9.17, 15) is 13.2 Å². The monoisotopic (exact) mass is 535 g/mol. The Hall–Kier alpha value is -3.36. The van der Waals surface area contributed by atoms with Crippen LogP contribution in [0.2, 0.25) is 0 Å². The van der Waals surface area contributed by atoms with Gasteiger partial charge in [-0.05, 0) is 80.8 Å². The molecule has 1 N–H and O–H groups in total. The van der Waals surface area contributed by atoms with Crippen LogP contribution in [-0.2, 0) is 16.6 Å². The zero-order chi connectivity index (χ0) is 27.3. The number of benzene rings is 3. The molecule has 0 atom stereocenters. The molecule has 7 nitrogen and oxygen atoms in total. The van der Waals surface area contributed by atoms with Gasteiger partial charge in [0, 0.05) is 44.0 Å². The number of nitrogens with one attached hydrogen (secondary N) is 1. The van der Waals surface area contributed by atoms with Gasteiger partial charge in [0.1, 0.15) is 5.75 Å². The molecule has 1 aliphatic rings. The Bertz CT molecular complexity index is 1360. The van der Waals surface area contributed by atoms with Gasteiger partial charge in [0.25, 0.3) is 5.91 Å². The Labute approximate surface area is 226 Å². The number of nitrogens with zero attached hydrogens (tertiary/aromatic N) is 2. The average Bonchev–Trinajstić information content (AvgIpc) is 2.89.